The Morgan fingerprint density at radius 2 is 1.93 bits per heavy atom. The number of carbonyl (C=O) groups is 1. The first-order valence-electron chi connectivity index (χ1n) is 9.31. The van der Waals surface area contributed by atoms with E-state index in [4.69, 9.17) is 0 Å². The van der Waals surface area contributed by atoms with E-state index in [1.54, 1.807) is 17.5 Å². The second-order valence-electron chi connectivity index (χ2n) is 7.15. The Hall–Kier alpha value is -1.74. The molecular weight excluding hydrogens is 382 g/mol. The largest absolute Gasteiger partial charge is 0.325 e. The number of hydrogen-bond acceptors (Lipinski definition) is 4. The number of quaternary nitrogens is 1. The second kappa shape index (κ2) is 7.71. The molecule has 2 heterocycles. The van der Waals surface area contributed by atoms with Crippen LogP contribution in [0.2, 0.25) is 0 Å². The highest BCUT2D eigenvalue weighted by Crippen LogP contribution is 2.24. The van der Waals surface area contributed by atoms with Crippen molar-refractivity contribution in [1.29, 1.82) is 0 Å². The zero-order valence-electron chi connectivity index (χ0n) is 15.1. The molecule has 0 radical (unpaired) electrons. The molecule has 1 fully saturated rings. The second-order valence-corrected chi connectivity index (χ2v) is 10.3. The van der Waals surface area contributed by atoms with Gasteiger partial charge in [-0.1, -0.05) is 12.1 Å². The Labute approximate surface area is 163 Å². The van der Waals surface area contributed by atoms with E-state index >= 15 is 0 Å². The number of hydrogen-bond donors (Lipinski definition) is 2. The van der Waals surface area contributed by atoms with Crippen LogP contribution in [0.3, 0.4) is 0 Å². The Morgan fingerprint density at radius 1 is 1.15 bits per heavy atom. The minimum Gasteiger partial charge on any atom is -0.325 e. The van der Waals surface area contributed by atoms with E-state index in [-0.39, 0.29) is 5.91 Å². The summed E-state index contributed by atoms with van der Waals surface area (Å²) in [6.07, 6.45) is 3.41. The topological polar surface area (TPSA) is 70.9 Å². The highest BCUT2D eigenvalue weighted by Gasteiger charge is 2.31. The smallest absolute Gasteiger partial charge is 0.279 e. The Bertz CT molecular complexity index is 918. The average Bonchev–Trinajstić information content (AvgIpc) is 3.34. The van der Waals surface area contributed by atoms with Gasteiger partial charge in [-0.2, -0.15) is 4.31 Å². The number of fused-ring (bicyclic) bond motifs is 1. The van der Waals surface area contributed by atoms with E-state index < -0.39 is 10.0 Å². The molecule has 0 atom stereocenters. The first-order chi connectivity index (χ1) is 13.0. The third-order valence-corrected chi connectivity index (χ3v) is 8.58. The van der Waals surface area contributed by atoms with Crippen LogP contribution >= 0.6 is 11.3 Å². The molecule has 144 valence electrons. The highest BCUT2D eigenvalue weighted by atomic mass is 32.2. The first kappa shape index (κ1) is 18.6. The fourth-order valence-corrected chi connectivity index (χ4v) is 6.42. The molecule has 1 aliphatic carbocycles. The summed E-state index contributed by atoms with van der Waals surface area (Å²) in [6.45, 7) is 2.54. The monoisotopic (exact) mass is 406 g/mol. The van der Waals surface area contributed by atoms with Crippen molar-refractivity contribution in [2.75, 3.05) is 38.0 Å². The fraction of sp³-hybridized carbons (Fsp3) is 0.421. The number of anilines is 1. The number of rotatable bonds is 5. The van der Waals surface area contributed by atoms with Gasteiger partial charge in [0.15, 0.2) is 6.54 Å². The number of carbonyl (C=O) groups excluding carboxylic acids is 1. The molecule has 1 aromatic carbocycles. The molecule has 1 saturated heterocycles. The Kier molecular flexibility index (Phi) is 5.32. The SMILES string of the molecule is O=C(C[NH+]1CCN(S(=O)(=O)c2cccs2)CC1)Nc1ccc2c(c1)CCC2. The van der Waals surface area contributed by atoms with Crippen molar-refractivity contribution in [2.45, 2.75) is 23.5 Å². The lowest BCUT2D eigenvalue weighted by Crippen LogP contribution is -3.15. The molecule has 2 N–H and O–H groups in total. The maximum Gasteiger partial charge on any atom is 0.279 e. The quantitative estimate of drug-likeness (QED) is 0.770. The van der Waals surface area contributed by atoms with Gasteiger partial charge < -0.3 is 10.2 Å². The number of amides is 1. The third-order valence-electron chi connectivity index (χ3n) is 5.31. The van der Waals surface area contributed by atoms with Crippen molar-refractivity contribution in [3.05, 3.63) is 46.8 Å². The number of aryl methyl sites for hydroxylation is 2. The van der Waals surface area contributed by atoms with Crippen LogP contribution in [0.4, 0.5) is 5.69 Å². The van der Waals surface area contributed by atoms with Gasteiger partial charge >= 0.3 is 0 Å². The van der Waals surface area contributed by atoms with Gasteiger partial charge in [-0.25, -0.2) is 8.42 Å². The van der Waals surface area contributed by atoms with Gasteiger partial charge in [-0.05, 0) is 54.0 Å². The predicted octanol–water partition coefficient (Wildman–Crippen LogP) is 0.765. The van der Waals surface area contributed by atoms with Crippen LogP contribution in [-0.4, -0.2) is 51.4 Å². The molecular formula is C19H24N3O3S2+. The third kappa shape index (κ3) is 4.08. The van der Waals surface area contributed by atoms with E-state index in [9.17, 15) is 13.2 Å². The lowest BCUT2D eigenvalue weighted by Gasteiger charge is -2.30. The summed E-state index contributed by atoms with van der Waals surface area (Å²) < 4.78 is 27.0. The van der Waals surface area contributed by atoms with Crippen molar-refractivity contribution in [3.63, 3.8) is 0 Å². The molecule has 8 heteroatoms. The number of sulfonamides is 1. The van der Waals surface area contributed by atoms with Gasteiger partial charge in [-0.3, -0.25) is 4.79 Å². The summed E-state index contributed by atoms with van der Waals surface area (Å²) in [4.78, 5) is 13.5. The van der Waals surface area contributed by atoms with Crippen LogP contribution in [-0.2, 0) is 27.7 Å². The average molecular weight is 407 g/mol. The molecule has 6 nitrogen and oxygen atoms in total. The van der Waals surface area contributed by atoms with Crippen molar-refractivity contribution in [2.24, 2.45) is 0 Å². The molecule has 0 unspecified atom stereocenters. The summed E-state index contributed by atoms with van der Waals surface area (Å²) in [5, 5.41) is 4.77. The minimum absolute atomic E-state index is 0.0162. The summed E-state index contributed by atoms with van der Waals surface area (Å²) in [5.74, 6) is -0.0162. The van der Waals surface area contributed by atoms with Gasteiger partial charge in [0.1, 0.15) is 4.21 Å². The van der Waals surface area contributed by atoms with Gasteiger partial charge in [0.2, 0.25) is 0 Å². The van der Waals surface area contributed by atoms with Crippen molar-refractivity contribution in [1.82, 2.24) is 4.31 Å². The summed E-state index contributed by atoms with van der Waals surface area (Å²) in [6, 6.07) is 9.56. The minimum atomic E-state index is -3.39. The zero-order valence-corrected chi connectivity index (χ0v) is 16.7. The summed E-state index contributed by atoms with van der Waals surface area (Å²) in [7, 11) is -3.39. The van der Waals surface area contributed by atoms with Gasteiger partial charge in [-0.15, -0.1) is 11.3 Å². The van der Waals surface area contributed by atoms with Crippen LogP contribution in [0.15, 0.2) is 39.9 Å². The number of benzene rings is 1. The first-order valence-corrected chi connectivity index (χ1v) is 11.6. The van der Waals surface area contributed by atoms with Crippen LogP contribution in [0.25, 0.3) is 0 Å². The number of nitrogens with one attached hydrogen (secondary N) is 2. The predicted molar refractivity (Wildman–Crippen MR) is 106 cm³/mol. The van der Waals surface area contributed by atoms with Gasteiger partial charge in [0, 0.05) is 5.69 Å². The molecule has 1 aromatic heterocycles. The van der Waals surface area contributed by atoms with Gasteiger partial charge in [0.25, 0.3) is 15.9 Å². The molecule has 0 bridgehead atoms. The van der Waals surface area contributed by atoms with Crippen LogP contribution < -0.4 is 10.2 Å². The van der Waals surface area contributed by atoms with Crippen molar-refractivity contribution in [3.8, 4) is 0 Å². The number of piperazine rings is 1. The van der Waals surface area contributed by atoms with Crippen LogP contribution in [0, 0.1) is 0 Å². The normalized spacial score (nSPS) is 18.4. The lowest BCUT2D eigenvalue weighted by atomic mass is 10.1. The molecule has 1 amide bonds. The lowest BCUT2D eigenvalue weighted by molar-refractivity contribution is -0.895. The maximum atomic E-state index is 12.6. The van der Waals surface area contributed by atoms with E-state index in [1.807, 2.05) is 6.07 Å². The maximum absolute atomic E-state index is 12.6. The standard InChI is InChI=1S/C19H23N3O3S2/c23-18(20-17-7-6-15-3-1-4-16(15)13-17)14-21-8-10-22(11-9-21)27(24,25)19-5-2-12-26-19/h2,5-7,12-13H,1,3-4,8-11,14H2,(H,20,23)/p+1. The molecule has 27 heavy (non-hydrogen) atoms. The van der Waals surface area contributed by atoms with E-state index in [0.717, 1.165) is 23.4 Å². The summed E-state index contributed by atoms with van der Waals surface area (Å²) >= 11 is 1.24. The number of thiophene rings is 1. The van der Waals surface area contributed by atoms with Crippen molar-refractivity contribution < 1.29 is 18.1 Å². The van der Waals surface area contributed by atoms with Crippen LogP contribution in [0.5, 0.6) is 0 Å². The molecule has 4 rings (SSSR count). The molecule has 2 aromatic rings. The Balaban J connectivity index is 1.29. The van der Waals surface area contributed by atoms with Gasteiger partial charge in [0.05, 0.1) is 26.2 Å². The van der Waals surface area contributed by atoms with E-state index in [0.29, 0.717) is 36.9 Å². The molecule has 2 aliphatic rings. The molecule has 1 aliphatic heterocycles. The highest BCUT2D eigenvalue weighted by molar-refractivity contribution is 7.91. The van der Waals surface area contributed by atoms with E-state index in [1.165, 1.54) is 33.2 Å². The van der Waals surface area contributed by atoms with Crippen LogP contribution in [0.1, 0.15) is 17.5 Å². The van der Waals surface area contributed by atoms with E-state index in [2.05, 4.69) is 17.4 Å². The molecule has 0 spiro atoms. The Morgan fingerprint density at radius 3 is 2.67 bits per heavy atom. The fourth-order valence-electron chi connectivity index (χ4n) is 3.84. The molecule has 0 saturated carbocycles. The zero-order chi connectivity index (χ0) is 18.9. The van der Waals surface area contributed by atoms with Crippen molar-refractivity contribution >= 4 is 33.0 Å². The summed E-state index contributed by atoms with van der Waals surface area (Å²) in [5.41, 5.74) is 3.59. The number of nitrogens with zero attached hydrogens (tertiary/aromatic N) is 1.